The summed E-state index contributed by atoms with van der Waals surface area (Å²) >= 11 is 0. The Kier molecular flexibility index (Phi) is 7.03. The van der Waals surface area contributed by atoms with Crippen LogP contribution >= 0.6 is 12.4 Å². The van der Waals surface area contributed by atoms with Crippen LogP contribution in [0.4, 0.5) is 0 Å². The van der Waals surface area contributed by atoms with Crippen LogP contribution in [0.5, 0.6) is 0 Å². The van der Waals surface area contributed by atoms with Crippen molar-refractivity contribution in [2.45, 2.75) is 45.2 Å². The van der Waals surface area contributed by atoms with Crippen molar-refractivity contribution in [3.63, 3.8) is 0 Å². The van der Waals surface area contributed by atoms with Crippen molar-refractivity contribution < 1.29 is 9.59 Å². The Hall–Kier alpha value is -1.59. The van der Waals surface area contributed by atoms with Gasteiger partial charge in [-0.25, -0.2) is 0 Å². The number of nitrogens with one attached hydrogen (secondary N) is 1. The molecule has 128 valence electrons. The number of carbonyl (C=O) groups is 2. The van der Waals surface area contributed by atoms with Gasteiger partial charge in [0.2, 0.25) is 5.91 Å². The first kappa shape index (κ1) is 19.5. The summed E-state index contributed by atoms with van der Waals surface area (Å²) in [5.74, 6) is -0.0978. The first-order valence-electron chi connectivity index (χ1n) is 7.83. The average Bonchev–Trinajstić information content (AvgIpc) is 2.52. The average molecular weight is 340 g/mol. The summed E-state index contributed by atoms with van der Waals surface area (Å²) in [6, 6.07) is 7.40. The van der Waals surface area contributed by atoms with E-state index in [0.717, 1.165) is 31.5 Å². The van der Waals surface area contributed by atoms with E-state index < -0.39 is 5.54 Å². The van der Waals surface area contributed by atoms with E-state index >= 15 is 0 Å². The summed E-state index contributed by atoms with van der Waals surface area (Å²) in [6.07, 6.45) is 3.38. The predicted octanol–water partition coefficient (Wildman–Crippen LogP) is 2.09. The second-order valence-corrected chi connectivity index (χ2v) is 6.45. The number of benzene rings is 1. The van der Waals surface area contributed by atoms with Crippen molar-refractivity contribution >= 4 is 24.2 Å². The van der Waals surface area contributed by atoms with Crippen LogP contribution in [0.1, 0.15) is 49.0 Å². The Balaban J connectivity index is 0.00000264. The van der Waals surface area contributed by atoms with E-state index in [0.29, 0.717) is 12.1 Å². The van der Waals surface area contributed by atoms with Gasteiger partial charge in [0.1, 0.15) is 0 Å². The van der Waals surface area contributed by atoms with Crippen molar-refractivity contribution in [3.8, 4) is 0 Å². The predicted molar refractivity (Wildman–Crippen MR) is 93.6 cm³/mol. The van der Waals surface area contributed by atoms with Crippen LogP contribution in [-0.2, 0) is 11.3 Å². The lowest BCUT2D eigenvalue weighted by Crippen LogP contribution is -2.48. The van der Waals surface area contributed by atoms with E-state index in [1.165, 1.54) is 6.42 Å². The molecule has 0 aromatic heterocycles. The van der Waals surface area contributed by atoms with Gasteiger partial charge in [0.25, 0.3) is 5.91 Å². The second kappa shape index (κ2) is 8.31. The van der Waals surface area contributed by atoms with Gasteiger partial charge in [0.15, 0.2) is 0 Å². The number of halogens is 1. The summed E-state index contributed by atoms with van der Waals surface area (Å²) in [6.45, 7) is 5.45. The number of rotatable bonds is 4. The fourth-order valence-corrected chi connectivity index (χ4v) is 2.45. The highest BCUT2D eigenvalue weighted by molar-refractivity contribution is 5.94. The molecule has 1 aromatic carbocycles. The number of hydrogen-bond donors (Lipinski definition) is 2. The molecule has 1 heterocycles. The lowest BCUT2D eigenvalue weighted by Gasteiger charge is -2.26. The number of nitrogens with zero attached hydrogens (tertiary/aromatic N) is 1. The molecule has 0 radical (unpaired) electrons. The normalized spacial score (nSPS) is 14.8. The number of amides is 2. The highest BCUT2D eigenvalue weighted by atomic mass is 35.5. The zero-order valence-electron chi connectivity index (χ0n) is 13.8. The zero-order chi connectivity index (χ0) is 16.2. The van der Waals surface area contributed by atoms with Gasteiger partial charge in [-0.2, -0.15) is 0 Å². The molecule has 0 unspecified atom stereocenters. The molecule has 23 heavy (non-hydrogen) atoms. The van der Waals surface area contributed by atoms with Crippen LogP contribution in [0, 0.1) is 0 Å². The summed E-state index contributed by atoms with van der Waals surface area (Å²) in [4.78, 5) is 26.0. The summed E-state index contributed by atoms with van der Waals surface area (Å²) < 4.78 is 0. The first-order valence-corrected chi connectivity index (χ1v) is 7.83. The van der Waals surface area contributed by atoms with E-state index in [9.17, 15) is 9.59 Å². The topological polar surface area (TPSA) is 75.4 Å². The van der Waals surface area contributed by atoms with Crippen molar-refractivity contribution in [1.82, 2.24) is 10.2 Å². The Morgan fingerprint density at radius 3 is 2.22 bits per heavy atom. The molecule has 5 nitrogen and oxygen atoms in total. The third kappa shape index (κ3) is 5.52. The molecule has 0 aliphatic carbocycles. The molecule has 1 saturated heterocycles. The minimum Gasteiger partial charge on any atom is -0.350 e. The monoisotopic (exact) mass is 339 g/mol. The Bertz CT molecular complexity index is 532. The second-order valence-electron chi connectivity index (χ2n) is 6.45. The summed E-state index contributed by atoms with van der Waals surface area (Å²) in [5, 5.41) is 2.79. The van der Waals surface area contributed by atoms with Gasteiger partial charge in [-0.3, -0.25) is 9.59 Å². The van der Waals surface area contributed by atoms with Crippen LogP contribution in [0.2, 0.25) is 0 Å². The molecule has 0 atom stereocenters. The molecule has 2 rings (SSSR count). The van der Waals surface area contributed by atoms with Crippen LogP contribution < -0.4 is 11.1 Å². The van der Waals surface area contributed by atoms with Crippen LogP contribution in [0.25, 0.3) is 0 Å². The number of hydrogen-bond acceptors (Lipinski definition) is 3. The van der Waals surface area contributed by atoms with Gasteiger partial charge in [-0.1, -0.05) is 12.1 Å². The Morgan fingerprint density at radius 2 is 1.70 bits per heavy atom. The largest absolute Gasteiger partial charge is 0.350 e. The smallest absolute Gasteiger partial charge is 0.253 e. The minimum atomic E-state index is -0.885. The molecular formula is C17H26ClN3O2. The molecule has 0 bridgehead atoms. The SMILES string of the molecule is CC(C)(N)C(=O)NCc1ccc(C(=O)N2CCCCC2)cc1.Cl. The number of piperidine rings is 1. The molecule has 1 fully saturated rings. The van der Waals surface area contributed by atoms with E-state index in [2.05, 4.69) is 5.32 Å². The quantitative estimate of drug-likeness (QED) is 0.882. The Labute approximate surface area is 144 Å². The van der Waals surface area contributed by atoms with Gasteiger partial charge in [0.05, 0.1) is 5.54 Å². The van der Waals surface area contributed by atoms with Crippen molar-refractivity contribution in [3.05, 3.63) is 35.4 Å². The highest BCUT2D eigenvalue weighted by Gasteiger charge is 2.21. The van der Waals surface area contributed by atoms with E-state index in [4.69, 9.17) is 5.73 Å². The lowest BCUT2D eigenvalue weighted by molar-refractivity contribution is -0.125. The van der Waals surface area contributed by atoms with Crippen molar-refractivity contribution in [2.75, 3.05) is 13.1 Å². The number of carbonyl (C=O) groups excluding carboxylic acids is 2. The number of likely N-dealkylation sites (tertiary alicyclic amines) is 1. The van der Waals surface area contributed by atoms with Crippen molar-refractivity contribution in [1.29, 1.82) is 0 Å². The van der Waals surface area contributed by atoms with Gasteiger partial charge in [0, 0.05) is 25.2 Å². The molecule has 6 heteroatoms. The number of nitrogens with two attached hydrogens (primary N) is 1. The molecule has 0 spiro atoms. The third-order valence-corrected chi connectivity index (χ3v) is 3.88. The standard InChI is InChI=1S/C17H25N3O2.ClH/c1-17(2,18)16(22)19-12-13-6-8-14(9-7-13)15(21)20-10-4-3-5-11-20;/h6-9H,3-5,10-12,18H2,1-2H3,(H,19,22);1H. The summed E-state index contributed by atoms with van der Waals surface area (Å²) in [7, 11) is 0. The molecule has 1 aliphatic heterocycles. The van der Waals surface area contributed by atoms with E-state index in [1.54, 1.807) is 13.8 Å². The van der Waals surface area contributed by atoms with E-state index in [1.807, 2.05) is 29.2 Å². The van der Waals surface area contributed by atoms with E-state index in [-0.39, 0.29) is 24.2 Å². The maximum atomic E-state index is 12.3. The molecule has 2 amide bonds. The minimum absolute atomic E-state index is 0. The van der Waals surface area contributed by atoms with Crippen LogP contribution in [0.3, 0.4) is 0 Å². The highest BCUT2D eigenvalue weighted by Crippen LogP contribution is 2.14. The maximum Gasteiger partial charge on any atom is 0.253 e. The van der Waals surface area contributed by atoms with Gasteiger partial charge >= 0.3 is 0 Å². The molecule has 3 N–H and O–H groups in total. The third-order valence-electron chi connectivity index (χ3n) is 3.88. The van der Waals surface area contributed by atoms with Gasteiger partial charge in [-0.05, 0) is 50.8 Å². The maximum absolute atomic E-state index is 12.3. The molecular weight excluding hydrogens is 314 g/mol. The van der Waals surface area contributed by atoms with Crippen molar-refractivity contribution in [2.24, 2.45) is 5.73 Å². The lowest BCUT2D eigenvalue weighted by atomic mass is 10.1. The summed E-state index contributed by atoms with van der Waals surface area (Å²) in [5.41, 5.74) is 6.50. The molecule has 1 aromatic rings. The Morgan fingerprint density at radius 1 is 1.13 bits per heavy atom. The molecule has 1 aliphatic rings. The fraction of sp³-hybridized carbons (Fsp3) is 0.529. The van der Waals surface area contributed by atoms with Gasteiger partial charge in [-0.15, -0.1) is 12.4 Å². The molecule has 0 saturated carbocycles. The van der Waals surface area contributed by atoms with Gasteiger partial charge < -0.3 is 16.0 Å². The first-order chi connectivity index (χ1) is 10.4. The zero-order valence-corrected chi connectivity index (χ0v) is 14.6. The fourth-order valence-electron chi connectivity index (χ4n) is 2.45. The van der Waals surface area contributed by atoms with Crippen LogP contribution in [0.15, 0.2) is 24.3 Å². The van der Waals surface area contributed by atoms with Crippen LogP contribution in [-0.4, -0.2) is 35.3 Å².